The maximum absolute atomic E-state index is 10.2. The van der Waals surface area contributed by atoms with Crippen molar-refractivity contribution < 1.29 is 10.2 Å². The maximum atomic E-state index is 10.2. The standard InChI is InChI=1S/C5H13N3O2.Na.H/c1-5(2,3)4-6-8(10)7-9;;/h9H,4H2,1-3H3,(H,6,7);;. The molecule has 0 saturated carbocycles. The number of hydrogen-bond acceptors (Lipinski definition) is 2. The summed E-state index contributed by atoms with van der Waals surface area (Å²) in [7, 11) is 0. The van der Waals surface area contributed by atoms with E-state index in [0.29, 0.717) is 6.54 Å². The molecule has 0 saturated heterocycles. The molecule has 0 aliphatic heterocycles. The molecule has 0 aliphatic rings. The molecule has 0 aromatic heterocycles. The molecule has 0 unspecified atom stereocenters. The summed E-state index contributed by atoms with van der Waals surface area (Å²) in [6.45, 7) is 6.36. The van der Waals surface area contributed by atoms with Crippen molar-refractivity contribution in [3.05, 3.63) is 5.21 Å². The van der Waals surface area contributed by atoms with Crippen LogP contribution < -0.4 is 5.43 Å². The molecule has 0 spiro atoms. The number of hydrazine groups is 1. The van der Waals surface area contributed by atoms with Gasteiger partial charge in [0.05, 0.1) is 11.5 Å². The zero-order chi connectivity index (χ0) is 8.20. The Hall–Kier alpha value is 0. The second-order valence-corrected chi connectivity index (χ2v) is 3.26. The molecule has 11 heavy (non-hydrogen) atoms. The second kappa shape index (κ2) is 5.62. The topological polar surface area (TPSA) is 70.7 Å². The molecule has 0 rings (SSSR count). The normalized spacial score (nSPS) is 12.1. The van der Waals surface area contributed by atoms with Gasteiger partial charge in [0.25, 0.3) is 0 Å². The Balaban J connectivity index is 0. The Labute approximate surface area is 88.3 Å². The van der Waals surface area contributed by atoms with Gasteiger partial charge in [-0.15, -0.1) is 0 Å². The predicted octanol–water partition coefficient (Wildman–Crippen LogP) is 0.240. The minimum absolute atomic E-state index is 0. The van der Waals surface area contributed by atoms with E-state index in [1.807, 2.05) is 20.8 Å². The Morgan fingerprint density at radius 1 is 1.55 bits per heavy atom. The molecule has 0 aromatic carbocycles. The van der Waals surface area contributed by atoms with Gasteiger partial charge in [0.2, 0.25) is 5.28 Å². The quantitative estimate of drug-likeness (QED) is 0.270. The Kier molecular flexibility index (Phi) is 6.94. The number of nitrogens with one attached hydrogen (secondary N) is 1. The van der Waals surface area contributed by atoms with Crippen molar-refractivity contribution in [1.29, 1.82) is 0 Å². The predicted molar refractivity (Wildman–Crippen MR) is 42.4 cm³/mol. The zero-order valence-electron chi connectivity index (χ0n) is 6.46. The van der Waals surface area contributed by atoms with E-state index in [-0.39, 0.29) is 39.9 Å². The van der Waals surface area contributed by atoms with E-state index >= 15 is 0 Å². The van der Waals surface area contributed by atoms with Crippen LogP contribution in [0.5, 0.6) is 0 Å². The van der Waals surface area contributed by atoms with E-state index in [9.17, 15) is 5.21 Å². The molecule has 0 amide bonds. The monoisotopic (exact) mass is 171 g/mol. The summed E-state index contributed by atoms with van der Waals surface area (Å²) in [6.07, 6.45) is 0. The van der Waals surface area contributed by atoms with Crippen LogP contribution in [-0.4, -0.2) is 46.3 Å². The molecule has 2 N–H and O–H groups in total. The first-order chi connectivity index (χ1) is 4.45. The first-order valence-corrected chi connectivity index (χ1v) is 3.01. The zero-order valence-corrected chi connectivity index (χ0v) is 6.46. The molecule has 0 aliphatic carbocycles. The molecule has 0 fully saturated rings. The van der Waals surface area contributed by atoms with E-state index in [4.69, 9.17) is 5.21 Å². The van der Waals surface area contributed by atoms with Crippen molar-refractivity contribution in [3.63, 3.8) is 0 Å². The first kappa shape index (κ1) is 13.6. The van der Waals surface area contributed by atoms with Gasteiger partial charge in [0.1, 0.15) is 0 Å². The average molecular weight is 171 g/mol. The van der Waals surface area contributed by atoms with Crippen LogP contribution in [0.25, 0.3) is 0 Å². The van der Waals surface area contributed by atoms with Gasteiger partial charge in [-0.05, 0) is 5.41 Å². The molecule has 5 nitrogen and oxygen atoms in total. The van der Waals surface area contributed by atoms with E-state index in [1.54, 1.807) is 0 Å². The fraction of sp³-hybridized carbons (Fsp3) is 1.00. The summed E-state index contributed by atoms with van der Waals surface area (Å²) in [5, 5.41) is 20.5. The van der Waals surface area contributed by atoms with E-state index in [1.165, 1.54) is 0 Å². The third kappa shape index (κ3) is 10.0. The molecule has 0 heterocycles. The van der Waals surface area contributed by atoms with Gasteiger partial charge in [-0.1, -0.05) is 20.8 Å². The molecule has 0 aromatic rings. The summed E-state index contributed by atoms with van der Waals surface area (Å²) in [5.41, 5.74) is 2.34. The van der Waals surface area contributed by atoms with Crippen molar-refractivity contribution in [1.82, 2.24) is 5.43 Å². The Morgan fingerprint density at radius 3 is 2.27 bits per heavy atom. The van der Waals surface area contributed by atoms with Gasteiger partial charge in [0.15, 0.2) is 0 Å². The SMILES string of the molecule is CC(C)(C)CN[N+]([O-])=NO.[NaH]. The first-order valence-electron chi connectivity index (χ1n) is 3.01. The van der Waals surface area contributed by atoms with Gasteiger partial charge >= 0.3 is 29.6 Å². The summed E-state index contributed by atoms with van der Waals surface area (Å²) in [6, 6.07) is 0. The van der Waals surface area contributed by atoms with Crippen LogP contribution in [-0.2, 0) is 0 Å². The third-order valence-electron chi connectivity index (χ3n) is 0.826. The average Bonchev–Trinajstić information content (AvgIpc) is 1.81. The van der Waals surface area contributed by atoms with Crippen molar-refractivity contribution in [2.45, 2.75) is 20.8 Å². The fourth-order valence-corrected chi connectivity index (χ4v) is 0.336. The summed E-state index contributed by atoms with van der Waals surface area (Å²) < 4.78 is 0. The Morgan fingerprint density at radius 2 is 2.00 bits per heavy atom. The number of rotatable bonds is 2. The van der Waals surface area contributed by atoms with Crippen LogP contribution >= 0.6 is 0 Å². The van der Waals surface area contributed by atoms with Crippen LogP contribution in [0.3, 0.4) is 0 Å². The van der Waals surface area contributed by atoms with Crippen LogP contribution in [0, 0.1) is 10.6 Å². The van der Waals surface area contributed by atoms with Crippen LogP contribution in [0.15, 0.2) is 5.28 Å². The molecular weight excluding hydrogens is 157 g/mol. The molecule has 6 heteroatoms. The van der Waals surface area contributed by atoms with E-state index < -0.39 is 0 Å². The van der Waals surface area contributed by atoms with Gasteiger partial charge in [-0.25, -0.2) is 0 Å². The second-order valence-electron chi connectivity index (χ2n) is 3.26. The summed E-state index contributed by atoms with van der Waals surface area (Å²) in [4.78, 5) is 0.0330. The third-order valence-corrected chi connectivity index (χ3v) is 0.826. The molecule has 62 valence electrons. The molecule has 0 radical (unpaired) electrons. The van der Waals surface area contributed by atoms with E-state index in [2.05, 4.69) is 10.7 Å². The van der Waals surface area contributed by atoms with Gasteiger partial charge in [-0.3, -0.25) is 0 Å². The van der Waals surface area contributed by atoms with Crippen LogP contribution in [0.4, 0.5) is 0 Å². The molecular formula is C5H14N3NaO2. The van der Waals surface area contributed by atoms with E-state index in [0.717, 1.165) is 0 Å². The van der Waals surface area contributed by atoms with Crippen molar-refractivity contribution in [2.24, 2.45) is 10.7 Å². The van der Waals surface area contributed by atoms with Gasteiger partial charge < -0.3 is 10.4 Å². The van der Waals surface area contributed by atoms with Crippen LogP contribution in [0.2, 0.25) is 0 Å². The van der Waals surface area contributed by atoms with Crippen molar-refractivity contribution >= 4 is 29.6 Å². The number of nitrogens with zero attached hydrogens (tertiary/aromatic N) is 2. The van der Waals surface area contributed by atoms with Gasteiger partial charge in [0, 0.05) is 0 Å². The fourth-order valence-electron chi connectivity index (χ4n) is 0.336. The molecule has 0 bridgehead atoms. The van der Waals surface area contributed by atoms with Crippen LogP contribution in [0.1, 0.15) is 20.8 Å². The number of hydrogen-bond donors (Lipinski definition) is 2. The summed E-state index contributed by atoms with van der Waals surface area (Å²) >= 11 is 0. The minimum atomic E-state index is 0. The molecule has 0 atom stereocenters. The van der Waals surface area contributed by atoms with Crippen molar-refractivity contribution in [2.75, 3.05) is 6.54 Å². The van der Waals surface area contributed by atoms with Gasteiger partial charge in [-0.2, -0.15) is 5.43 Å². The Bertz CT molecular complexity index is 132. The van der Waals surface area contributed by atoms with Crippen molar-refractivity contribution in [3.8, 4) is 0 Å². The summed E-state index contributed by atoms with van der Waals surface area (Å²) in [5.74, 6) is 0.